The monoisotopic (exact) mass is 711 g/mol. The summed E-state index contributed by atoms with van der Waals surface area (Å²) < 4.78 is 198. The zero-order valence-electron chi connectivity index (χ0n) is 24.8. The quantitative estimate of drug-likeness (QED) is 0.0636. The molecule has 262 valence electrons. The van der Waals surface area contributed by atoms with Crippen molar-refractivity contribution in [1.29, 1.82) is 0 Å². The number of halogens is 10. The van der Waals surface area contributed by atoms with E-state index in [0.29, 0.717) is 38.5 Å². The molecule has 0 spiro atoms. The third-order valence-corrected chi connectivity index (χ3v) is 21.5. The van der Waals surface area contributed by atoms with Crippen LogP contribution in [0.5, 0.6) is 0 Å². The Morgan fingerprint density at radius 2 is 0.814 bits per heavy atom. The second kappa shape index (κ2) is 15.9. The summed E-state index contributed by atoms with van der Waals surface area (Å²) >= 11 is 0. The molecule has 0 rings (SSSR count). The van der Waals surface area contributed by atoms with E-state index in [1.54, 1.807) is 20.8 Å². The molecule has 0 aromatic rings. The van der Waals surface area contributed by atoms with E-state index in [1.807, 2.05) is 0 Å². The van der Waals surface area contributed by atoms with Crippen LogP contribution in [0.1, 0.15) is 97.8 Å². The second-order valence-electron chi connectivity index (χ2n) is 10.9. The van der Waals surface area contributed by atoms with Crippen molar-refractivity contribution in [3.63, 3.8) is 0 Å². The molecule has 0 saturated heterocycles. The van der Waals surface area contributed by atoms with Gasteiger partial charge in [0.15, 0.2) is 0 Å². The van der Waals surface area contributed by atoms with Gasteiger partial charge in [0.2, 0.25) is 0 Å². The van der Waals surface area contributed by atoms with Gasteiger partial charge in [-0.3, -0.25) is 0 Å². The number of sulfonamides is 2. The molecule has 0 aliphatic rings. The first-order valence-corrected chi connectivity index (χ1v) is 19.9. The van der Waals surface area contributed by atoms with Crippen LogP contribution in [-0.4, -0.2) is 75.1 Å². The Balaban J connectivity index is 8.34. The molecule has 0 aliphatic carbocycles. The van der Waals surface area contributed by atoms with Crippen LogP contribution in [0.4, 0.5) is 43.9 Å². The molecule has 0 heterocycles. The van der Waals surface area contributed by atoms with Gasteiger partial charge in [-0.15, -0.1) is 0 Å². The van der Waals surface area contributed by atoms with E-state index in [-0.39, 0.29) is 38.5 Å². The molecule has 43 heavy (non-hydrogen) atoms. The van der Waals surface area contributed by atoms with E-state index >= 15 is 0 Å². The third-order valence-electron chi connectivity index (χ3n) is 7.40. The fourth-order valence-corrected chi connectivity index (χ4v) is 20.4. The predicted molar refractivity (Wildman–Crippen MR) is 148 cm³/mol. The van der Waals surface area contributed by atoms with E-state index in [1.165, 1.54) is 0 Å². The molecule has 0 fully saturated rings. The molecular weight excluding hydrogens is 667 g/mol. The maximum absolute atomic E-state index is 14.9. The number of hydrogen-bond acceptors (Lipinski definition) is 5. The Morgan fingerprint density at radius 1 is 0.535 bits per heavy atom. The Labute approximate surface area is 248 Å². The maximum atomic E-state index is 14.9. The SMILES string of the molecule is CCCCCCP(CCCCCC)(CCCCCC)(COC)N(S(=O)(=O)C(F)(F)C(F)(F)F)S(=O)(=O)C(F)(F)C(F)(F)F. The van der Waals surface area contributed by atoms with Gasteiger partial charge in [-0.05, 0) is 0 Å². The summed E-state index contributed by atoms with van der Waals surface area (Å²) in [6.45, 7) is -0.666. The normalized spacial score (nSPS) is 15.6. The van der Waals surface area contributed by atoms with Gasteiger partial charge < -0.3 is 0 Å². The molecule has 0 amide bonds. The van der Waals surface area contributed by atoms with Gasteiger partial charge in [-0.1, -0.05) is 0 Å². The van der Waals surface area contributed by atoms with Crippen LogP contribution >= 0.6 is 6.75 Å². The van der Waals surface area contributed by atoms with Gasteiger partial charge in [0.25, 0.3) is 0 Å². The van der Waals surface area contributed by atoms with E-state index in [9.17, 15) is 60.7 Å². The van der Waals surface area contributed by atoms with Crippen LogP contribution in [-0.2, 0) is 24.8 Å². The summed E-state index contributed by atoms with van der Waals surface area (Å²) in [5.74, 6) is 0. The van der Waals surface area contributed by atoms with Gasteiger partial charge >= 0.3 is 248 Å². The molecule has 0 radical (unpaired) electrons. The Kier molecular flexibility index (Phi) is 15.7. The standard InChI is InChI=1S/C24H44F10NO5PS2/c1-5-8-11-14-17-41(20-40-4,18-15-12-9-6-2,19-16-13-10-7-3)35(42(36,37)23(31,32)21(25,26)27)43(38,39)24(33,34)22(28,29)30/h5-20H2,1-4H3. The summed E-state index contributed by atoms with van der Waals surface area (Å²) in [5.41, 5.74) is 0. The number of unbranched alkanes of at least 4 members (excludes halogenated alkanes) is 9. The molecule has 6 nitrogen and oxygen atoms in total. The fourth-order valence-electron chi connectivity index (χ4n) is 5.21. The summed E-state index contributed by atoms with van der Waals surface area (Å²) in [5, 5.41) is -14.1. The Bertz CT molecular complexity index is 977. The van der Waals surface area contributed by atoms with Crippen LogP contribution in [0.15, 0.2) is 0 Å². The average Bonchev–Trinajstić information content (AvgIpc) is 2.86. The zero-order chi connectivity index (χ0) is 34.0. The first-order valence-electron chi connectivity index (χ1n) is 14.1. The minimum absolute atomic E-state index is 0.140. The zero-order valence-corrected chi connectivity index (χ0v) is 27.4. The topological polar surface area (TPSA) is 80.8 Å². The van der Waals surface area contributed by atoms with Gasteiger partial charge in [0.1, 0.15) is 0 Å². The number of nitrogens with zero attached hydrogens (tertiary/aromatic N) is 1. The summed E-state index contributed by atoms with van der Waals surface area (Å²) in [4.78, 5) is 0. The van der Waals surface area contributed by atoms with Crippen LogP contribution in [0.3, 0.4) is 0 Å². The third kappa shape index (κ3) is 9.09. The van der Waals surface area contributed by atoms with Crippen molar-refractivity contribution in [2.45, 2.75) is 121 Å². The Hall–Kier alpha value is -0.450. The molecule has 0 bridgehead atoms. The van der Waals surface area contributed by atoms with Crippen LogP contribution < -0.4 is 0 Å². The van der Waals surface area contributed by atoms with Crippen molar-refractivity contribution in [3.8, 4) is 0 Å². The molecule has 0 unspecified atom stereocenters. The van der Waals surface area contributed by atoms with Crippen molar-refractivity contribution >= 4 is 26.8 Å². The first kappa shape index (κ1) is 42.6. The van der Waals surface area contributed by atoms with Crippen molar-refractivity contribution in [2.75, 3.05) is 31.9 Å². The van der Waals surface area contributed by atoms with Gasteiger partial charge in [0.05, 0.1) is 0 Å². The number of alkyl halides is 10. The van der Waals surface area contributed by atoms with Crippen molar-refractivity contribution in [1.82, 2.24) is 3.48 Å². The van der Waals surface area contributed by atoms with E-state index in [0.717, 1.165) is 7.11 Å². The van der Waals surface area contributed by atoms with Gasteiger partial charge in [0, 0.05) is 0 Å². The van der Waals surface area contributed by atoms with Gasteiger partial charge in [-0.25, -0.2) is 0 Å². The summed E-state index contributed by atoms with van der Waals surface area (Å²) in [6.07, 6.45) is -15.3. The number of ether oxygens (including phenoxy) is 1. The predicted octanol–water partition coefficient (Wildman–Crippen LogP) is 9.07. The average molecular weight is 712 g/mol. The molecular formula is C24H44F10NO5PS2. The molecule has 19 heteroatoms. The van der Waals surface area contributed by atoms with E-state index in [2.05, 4.69) is 0 Å². The summed E-state index contributed by atoms with van der Waals surface area (Å²) in [7, 11) is -14.9. The van der Waals surface area contributed by atoms with Crippen molar-refractivity contribution in [2.24, 2.45) is 0 Å². The van der Waals surface area contributed by atoms with E-state index < -0.39 is 78.0 Å². The van der Waals surface area contributed by atoms with Crippen LogP contribution in [0.25, 0.3) is 0 Å². The molecule has 0 N–H and O–H groups in total. The van der Waals surface area contributed by atoms with Crippen LogP contribution in [0, 0.1) is 0 Å². The van der Waals surface area contributed by atoms with Crippen molar-refractivity contribution in [3.05, 3.63) is 0 Å². The number of hydrogen-bond donors (Lipinski definition) is 0. The molecule has 0 aliphatic heterocycles. The van der Waals surface area contributed by atoms with Gasteiger partial charge in [-0.2, -0.15) is 0 Å². The fraction of sp³-hybridized carbons (Fsp3) is 1.00. The number of methoxy groups -OCH3 is 1. The molecule has 0 atom stereocenters. The number of rotatable bonds is 22. The molecule has 0 saturated carbocycles. The minimum atomic E-state index is -7.84. The Morgan fingerprint density at radius 3 is 1.02 bits per heavy atom. The molecule has 0 aromatic heterocycles. The second-order valence-corrected chi connectivity index (χ2v) is 21.1. The van der Waals surface area contributed by atoms with Crippen LogP contribution in [0.2, 0.25) is 0 Å². The summed E-state index contributed by atoms with van der Waals surface area (Å²) in [6, 6.07) is 0. The molecule has 0 aromatic carbocycles. The van der Waals surface area contributed by atoms with E-state index in [4.69, 9.17) is 4.74 Å². The van der Waals surface area contributed by atoms with Crippen molar-refractivity contribution < 1.29 is 65.5 Å². The first-order chi connectivity index (χ1) is 19.4.